The first-order chi connectivity index (χ1) is 9.43. The van der Waals surface area contributed by atoms with E-state index in [0.717, 1.165) is 5.56 Å². The van der Waals surface area contributed by atoms with Gasteiger partial charge in [0, 0.05) is 12.6 Å². The second-order valence-electron chi connectivity index (χ2n) is 4.67. The summed E-state index contributed by atoms with van der Waals surface area (Å²) in [6.45, 7) is 6.88. The predicted octanol–water partition coefficient (Wildman–Crippen LogP) is 1.73. The summed E-state index contributed by atoms with van der Waals surface area (Å²) in [5.74, 6) is -0.353. The summed E-state index contributed by atoms with van der Waals surface area (Å²) < 4.78 is 0. The third kappa shape index (κ3) is 4.85. The molecular weight excluding hydrogens is 254 g/mol. The highest BCUT2D eigenvalue weighted by molar-refractivity contribution is 5.88. The van der Waals surface area contributed by atoms with Crippen LogP contribution in [-0.2, 0) is 9.59 Å². The fourth-order valence-corrected chi connectivity index (χ4v) is 1.78. The molecule has 0 fully saturated rings. The number of carbonyl (C=O) groups excluding carboxylic acids is 2. The molecule has 1 aromatic carbocycles. The Bertz CT molecular complexity index is 500. The number of anilines is 1. The molecule has 2 atom stereocenters. The third-order valence-electron chi connectivity index (χ3n) is 2.82. The van der Waals surface area contributed by atoms with Gasteiger partial charge in [-0.2, -0.15) is 0 Å². The minimum absolute atomic E-state index is 0.133. The second kappa shape index (κ2) is 7.45. The summed E-state index contributed by atoms with van der Waals surface area (Å²) in [7, 11) is 0. The van der Waals surface area contributed by atoms with Gasteiger partial charge in [-0.25, -0.2) is 0 Å². The molecule has 0 aliphatic carbocycles. The quantitative estimate of drug-likeness (QED) is 0.691. The molecule has 5 heteroatoms. The van der Waals surface area contributed by atoms with Gasteiger partial charge in [-0.15, -0.1) is 6.58 Å². The standard InChI is InChI=1S/C15H21N3O2/c1-4-6-14(16)15(20)17-10(2)12-7-5-8-13(9-12)18-11(3)19/h4-5,7-10,14H,1,6,16H2,2-3H3,(H,17,20)(H,18,19). The Morgan fingerprint density at radius 2 is 2.15 bits per heavy atom. The number of rotatable bonds is 6. The molecule has 0 radical (unpaired) electrons. The van der Waals surface area contributed by atoms with Crippen LogP contribution in [0.4, 0.5) is 5.69 Å². The van der Waals surface area contributed by atoms with Crippen molar-refractivity contribution in [2.24, 2.45) is 5.73 Å². The Balaban J connectivity index is 2.71. The van der Waals surface area contributed by atoms with Gasteiger partial charge in [0.1, 0.15) is 0 Å². The molecule has 0 aliphatic rings. The van der Waals surface area contributed by atoms with E-state index >= 15 is 0 Å². The SMILES string of the molecule is C=CCC(N)C(=O)NC(C)c1cccc(NC(C)=O)c1. The maximum absolute atomic E-state index is 11.8. The van der Waals surface area contributed by atoms with Crippen molar-refractivity contribution < 1.29 is 9.59 Å². The van der Waals surface area contributed by atoms with Crippen LogP contribution in [0.25, 0.3) is 0 Å². The van der Waals surface area contributed by atoms with Crippen LogP contribution < -0.4 is 16.4 Å². The lowest BCUT2D eigenvalue weighted by Gasteiger charge is -2.18. The van der Waals surface area contributed by atoms with Crippen LogP contribution in [0.1, 0.15) is 31.9 Å². The van der Waals surface area contributed by atoms with Crippen molar-refractivity contribution in [2.75, 3.05) is 5.32 Å². The molecule has 4 N–H and O–H groups in total. The molecule has 108 valence electrons. The Hall–Kier alpha value is -2.14. The molecule has 0 saturated heterocycles. The van der Waals surface area contributed by atoms with Crippen LogP contribution in [0.3, 0.4) is 0 Å². The summed E-state index contributed by atoms with van der Waals surface area (Å²) in [4.78, 5) is 22.9. The molecule has 20 heavy (non-hydrogen) atoms. The molecule has 0 heterocycles. The summed E-state index contributed by atoms with van der Waals surface area (Å²) in [5, 5.41) is 5.54. The molecule has 1 rings (SSSR count). The van der Waals surface area contributed by atoms with Gasteiger partial charge in [0.2, 0.25) is 11.8 Å². The van der Waals surface area contributed by atoms with E-state index in [0.29, 0.717) is 12.1 Å². The number of benzene rings is 1. The smallest absolute Gasteiger partial charge is 0.237 e. The normalized spacial score (nSPS) is 13.2. The van der Waals surface area contributed by atoms with Crippen molar-refractivity contribution in [3.8, 4) is 0 Å². The highest BCUT2D eigenvalue weighted by Gasteiger charge is 2.15. The van der Waals surface area contributed by atoms with Gasteiger partial charge < -0.3 is 16.4 Å². The van der Waals surface area contributed by atoms with E-state index in [-0.39, 0.29) is 17.9 Å². The van der Waals surface area contributed by atoms with E-state index in [1.165, 1.54) is 6.92 Å². The average molecular weight is 275 g/mol. The molecule has 1 aromatic rings. The second-order valence-corrected chi connectivity index (χ2v) is 4.67. The number of nitrogens with two attached hydrogens (primary N) is 1. The first kappa shape index (κ1) is 15.9. The number of hydrogen-bond donors (Lipinski definition) is 3. The summed E-state index contributed by atoms with van der Waals surface area (Å²) in [5.41, 5.74) is 7.31. The van der Waals surface area contributed by atoms with Crippen molar-refractivity contribution in [3.05, 3.63) is 42.5 Å². The maximum atomic E-state index is 11.8. The van der Waals surface area contributed by atoms with Crippen LogP contribution in [0.15, 0.2) is 36.9 Å². The summed E-state index contributed by atoms with van der Waals surface area (Å²) >= 11 is 0. The van der Waals surface area contributed by atoms with Crippen molar-refractivity contribution in [1.82, 2.24) is 5.32 Å². The summed E-state index contributed by atoms with van der Waals surface area (Å²) in [6.07, 6.45) is 2.05. The molecule has 2 amide bonds. The molecule has 0 spiro atoms. The average Bonchev–Trinajstić information content (AvgIpc) is 2.38. The minimum atomic E-state index is -0.589. The molecule has 0 saturated carbocycles. The van der Waals surface area contributed by atoms with Gasteiger partial charge in [-0.1, -0.05) is 18.2 Å². The van der Waals surface area contributed by atoms with Crippen molar-refractivity contribution in [2.45, 2.75) is 32.4 Å². The van der Waals surface area contributed by atoms with E-state index in [9.17, 15) is 9.59 Å². The molecular formula is C15H21N3O2. The zero-order valence-electron chi connectivity index (χ0n) is 11.8. The summed E-state index contributed by atoms with van der Waals surface area (Å²) in [6, 6.07) is 6.55. The van der Waals surface area contributed by atoms with Crippen LogP contribution >= 0.6 is 0 Å². The fraction of sp³-hybridized carbons (Fsp3) is 0.333. The lowest BCUT2D eigenvalue weighted by atomic mass is 10.1. The van der Waals surface area contributed by atoms with E-state index in [4.69, 9.17) is 5.73 Å². The van der Waals surface area contributed by atoms with Crippen LogP contribution in [-0.4, -0.2) is 17.9 Å². The van der Waals surface area contributed by atoms with E-state index in [2.05, 4.69) is 17.2 Å². The first-order valence-corrected chi connectivity index (χ1v) is 6.48. The molecule has 2 unspecified atom stereocenters. The Kier molecular flexibility index (Phi) is 5.93. The number of nitrogens with one attached hydrogen (secondary N) is 2. The highest BCUT2D eigenvalue weighted by atomic mass is 16.2. The number of hydrogen-bond acceptors (Lipinski definition) is 3. The van der Waals surface area contributed by atoms with Crippen molar-refractivity contribution in [1.29, 1.82) is 0 Å². The monoisotopic (exact) mass is 275 g/mol. The topological polar surface area (TPSA) is 84.2 Å². The minimum Gasteiger partial charge on any atom is -0.348 e. The molecule has 0 bridgehead atoms. The zero-order chi connectivity index (χ0) is 15.1. The van der Waals surface area contributed by atoms with Crippen LogP contribution in [0, 0.1) is 0 Å². The van der Waals surface area contributed by atoms with Crippen LogP contribution in [0.2, 0.25) is 0 Å². The Morgan fingerprint density at radius 3 is 2.75 bits per heavy atom. The molecule has 0 aromatic heterocycles. The van der Waals surface area contributed by atoms with Gasteiger partial charge in [0.25, 0.3) is 0 Å². The van der Waals surface area contributed by atoms with Crippen molar-refractivity contribution >= 4 is 17.5 Å². The number of amides is 2. The molecule has 5 nitrogen and oxygen atoms in total. The first-order valence-electron chi connectivity index (χ1n) is 6.48. The molecule has 0 aliphatic heterocycles. The predicted molar refractivity (Wildman–Crippen MR) is 80.1 cm³/mol. The van der Waals surface area contributed by atoms with Gasteiger partial charge in [-0.3, -0.25) is 9.59 Å². The van der Waals surface area contributed by atoms with Gasteiger partial charge in [0.05, 0.1) is 12.1 Å². The van der Waals surface area contributed by atoms with E-state index in [1.807, 2.05) is 25.1 Å². The fourth-order valence-electron chi connectivity index (χ4n) is 1.78. The highest BCUT2D eigenvalue weighted by Crippen LogP contribution is 2.17. The van der Waals surface area contributed by atoms with E-state index in [1.54, 1.807) is 12.1 Å². The Labute approximate surface area is 119 Å². The van der Waals surface area contributed by atoms with Gasteiger partial charge in [0.15, 0.2) is 0 Å². The van der Waals surface area contributed by atoms with Gasteiger partial charge in [-0.05, 0) is 31.0 Å². The maximum Gasteiger partial charge on any atom is 0.237 e. The lowest BCUT2D eigenvalue weighted by molar-refractivity contribution is -0.123. The van der Waals surface area contributed by atoms with Crippen molar-refractivity contribution in [3.63, 3.8) is 0 Å². The van der Waals surface area contributed by atoms with Gasteiger partial charge >= 0.3 is 0 Å². The largest absolute Gasteiger partial charge is 0.348 e. The van der Waals surface area contributed by atoms with E-state index < -0.39 is 6.04 Å². The lowest BCUT2D eigenvalue weighted by Crippen LogP contribution is -2.41. The zero-order valence-corrected chi connectivity index (χ0v) is 11.8. The van der Waals surface area contributed by atoms with Crippen LogP contribution in [0.5, 0.6) is 0 Å². The Morgan fingerprint density at radius 1 is 1.45 bits per heavy atom. The number of carbonyl (C=O) groups is 2. The third-order valence-corrected chi connectivity index (χ3v) is 2.82.